The van der Waals surface area contributed by atoms with Crippen LogP contribution in [0.4, 0.5) is 105 Å². The predicted molar refractivity (Wildman–Crippen MR) is 255 cm³/mol. The molecule has 0 aliphatic heterocycles. The van der Waals surface area contributed by atoms with Crippen LogP contribution in [0.25, 0.3) is 0 Å². The number of hydrogen-bond acceptors (Lipinski definition) is 1. The summed E-state index contributed by atoms with van der Waals surface area (Å²) in [4.78, 5) is 0. The van der Waals surface area contributed by atoms with Gasteiger partial charge in [-0.15, -0.1) is 0 Å². The third kappa shape index (κ3) is 20.8. The molecule has 4 rings (SSSR count). The Hall–Kier alpha value is -4.43. The van der Waals surface area contributed by atoms with Gasteiger partial charge in [0, 0.05) is 0 Å². The van der Waals surface area contributed by atoms with Crippen molar-refractivity contribution in [3.8, 4) is 0 Å². The Kier molecular flexibility index (Phi) is 24.0. The van der Waals surface area contributed by atoms with Gasteiger partial charge in [-0.1, -0.05) is 152 Å². The lowest BCUT2D eigenvalue weighted by molar-refractivity contribution is -0.144. The maximum atomic E-state index is 14.2. The van der Waals surface area contributed by atoms with Gasteiger partial charge in [0.1, 0.15) is 36.4 Å². The Morgan fingerprint density at radius 1 is 0.278 bits per heavy atom. The molecule has 0 atom stereocenters. The van der Waals surface area contributed by atoms with E-state index >= 15 is 0 Å². The lowest BCUT2D eigenvalue weighted by atomic mass is 9.12. The molecule has 0 aliphatic carbocycles. The zero-order valence-corrected chi connectivity index (χ0v) is 43.2. The molecular formula is C52H55BF24OS. The third-order valence-corrected chi connectivity index (χ3v) is 13.4. The van der Waals surface area contributed by atoms with Crippen molar-refractivity contribution < 1.29 is 110 Å². The highest BCUT2D eigenvalue weighted by atomic mass is 32.2. The van der Waals surface area contributed by atoms with Crippen LogP contribution in [-0.2, 0) is 64.8 Å². The molecule has 1 nitrogen and oxygen atoms in total. The van der Waals surface area contributed by atoms with Gasteiger partial charge >= 0.3 is 49.4 Å². The first-order valence-corrected chi connectivity index (χ1v) is 26.6. The van der Waals surface area contributed by atoms with Crippen molar-refractivity contribution >= 4 is 39.2 Å². The fraction of sp³-hybridized carbons (Fsp3) is 0.538. The Morgan fingerprint density at radius 2 is 0.443 bits per heavy atom. The summed E-state index contributed by atoms with van der Waals surface area (Å²) in [5, 5.41) is 0. The van der Waals surface area contributed by atoms with E-state index in [9.17, 15) is 105 Å². The van der Waals surface area contributed by atoms with Gasteiger partial charge in [-0.05, 0) is 30.7 Å². The van der Waals surface area contributed by atoms with Crippen molar-refractivity contribution in [3.63, 3.8) is 0 Å². The first-order chi connectivity index (χ1) is 36.0. The van der Waals surface area contributed by atoms with E-state index in [1.807, 2.05) is 0 Å². The quantitative estimate of drug-likeness (QED) is 0.0330. The van der Waals surface area contributed by atoms with Gasteiger partial charge in [0.25, 0.3) is 0 Å². The lowest BCUT2D eigenvalue weighted by Crippen LogP contribution is -2.75. The monoisotopic (exact) mass is 1190 g/mol. The summed E-state index contributed by atoms with van der Waals surface area (Å²) >= 11 is 0.166. The highest BCUT2D eigenvalue weighted by molar-refractivity contribution is 7.90. The minimum absolute atomic E-state index is 0.166. The Bertz CT molecular complexity index is 2090. The normalized spacial score (nSPS) is 13.5. The van der Waals surface area contributed by atoms with Gasteiger partial charge in [0.05, 0.1) is 44.5 Å². The number of alkyl halides is 24. The van der Waals surface area contributed by atoms with Gasteiger partial charge in [0.15, 0.2) is 0 Å². The fourth-order valence-corrected chi connectivity index (χ4v) is 9.40. The molecule has 0 aliphatic rings. The van der Waals surface area contributed by atoms with E-state index in [2.05, 4.69) is 19.4 Å². The van der Waals surface area contributed by atoms with Crippen molar-refractivity contribution in [2.75, 3.05) is 19.1 Å². The summed E-state index contributed by atoms with van der Waals surface area (Å²) < 4.78 is 346. The molecule has 0 fully saturated rings. The topological polar surface area (TPSA) is 9.23 Å². The molecule has 0 unspecified atom stereocenters. The highest BCUT2D eigenvalue weighted by Crippen LogP contribution is 2.41. The molecular weight excluding hydrogens is 1140 g/mol. The molecule has 0 radical (unpaired) electrons. The zero-order valence-electron chi connectivity index (χ0n) is 42.4. The molecule has 0 saturated heterocycles. The second-order valence-corrected chi connectivity index (χ2v) is 20.8. The van der Waals surface area contributed by atoms with Crippen LogP contribution in [0.2, 0.25) is 0 Å². The summed E-state index contributed by atoms with van der Waals surface area (Å²) in [6.07, 6.45) is -27.6. The summed E-state index contributed by atoms with van der Waals surface area (Å²) in [6, 6.07) is -8.81. The molecule has 4 aromatic carbocycles. The first kappa shape index (κ1) is 68.8. The van der Waals surface area contributed by atoms with Crippen molar-refractivity contribution in [3.05, 3.63) is 117 Å². The van der Waals surface area contributed by atoms with E-state index in [1.165, 1.54) is 103 Å². The van der Waals surface area contributed by atoms with Crippen LogP contribution in [0.3, 0.4) is 0 Å². The molecule has 4 aromatic rings. The van der Waals surface area contributed by atoms with E-state index in [4.69, 9.17) is 4.18 Å². The van der Waals surface area contributed by atoms with Crippen LogP contribution < -0.4 is 21.9 Å². The van der Waals surface area contributed by atoms with Crippen molar-refractivity contribution in [2.24, 2.45) is 0 Å². The molecule has 0 N–H and O–H groups in total. The third-order valence-electron chi connectivity index (χ3n) is 12.8. The predicted octanol–water partition coefficient (Wildman–Crippen LogP) is 18.3. The number of benzene rings is 4. The van der Waals surface area contributed by atoms with Gasteiger partial charge < -0.3 is 0 Å². The van der Waals surface area contributed by atoms with Gasteiger partial charge in [-0.2, -0.15) is 131 Å². The maximum absolute atomic E-state index is 14.2. The zero-order chi connectivity index (χ0) is 60.2. The maximum Gasteiger partial charge on any atom is 0.416 e. The molecule has 0 saturated carbocycles. The first-order valence-electron chi connectivity index (χ1n) is 24.6. The fourth-order valence-electron chi connectivity index (χ4n) is 8.95. The standard InChI is InChI=1S/C32H12BF24.C20H43OS/c34-25(35,36)13-1-14(26(37,38)39)6-21(5-13)33(22-7-15(27(40,41)42)2-16(8-22)28(43,44)45,23-9-17(29(46,47)48)3-18(10-23)30(49,50)51)24-11-19(31(52,53)54)4-20(12-24)32(55,56)57;1-4-5-6-7-8-9-10-11-12-13-14-15-16-17-18-19-20-21-22(2)3/h1-12H;4-20H2,1-3H3/q-1;+1. The number of hydrogen-bond donors (Lipinski definition) is 0. The van der Waals surface area contributed by atoms with Gasteiger partial charge in [0.2, 0.25) is 0 Å². The minimum Gasteiger partial charge on any atom is -0.194 e. The summed E-state index contributed by atoms with van der Waals surface area (Å²) in [5.74, 6) is 0. The largest absolute Gasteiger partial charge is 0.416 e. The van der Waals surface area contributed by atoms with Crippen LogP contribution in [0.15, 0.2) is 72.8 Å². The smallest absolute Gasteiger partial charge is 0.194 e. The van der Waals surface area contributed by atoms with E-state index in [0.717, 1.165) is 6.61 Å². The van der Waals surface area contributed by atoms with E-state index < -0.39 is 195 Å². The Morgan fingerprint density at radius 3 is 0.595 bits per heavy atom. The molecule has 79 heavy (non-hydrogen) atoms. The van der Waals surface area contributed by atoms with E-state index in [0.29, 0.717) is 0 Å². The molecule has 0 spiro atoms. The molecule has 0 heterocycles. The molecule has 0 bridgehead atoms. The number of halogens is 24. The average Bonchev–Trinajstić information content (AvgIpc) is 3.30. The van der Waals surface area contributed by atoms with E-state index in [-0.39, 0.29) is 11.2 Å². The summed E-state index contributed by atoms with van der Waals surface area (Å²) in [6.45, 7) is 3.26. The highest BCUT2D eigenvalue weighted by Gasteiger charge is 2.47. The van der Waals surface area contributed by atoms with Crippen LogP contribution >= 0.6 is 0 Å². The summed E-state index contributed by atoms with van der Waals surface area (Å²) in [7, 11) is 0. The molecule has 446 valence electrons. The van der Waals surface area contributed by atoms with Crippen LogP contribution in [0, 0.1) is 0 Å². The second kappa shape index (κ2) is 27.6. The Balaban J connectivity index is 0.000000627. The number of unbranched alkanes of at least 4 members (excludes halogenated alkanes) is 15. The molecule has 0 aromatic heterocycles. The lowest BCUT2D eigenvalue weighted by Gasteiger charge is -2.46. The molecule has 0 amide bonds. The van der Waals surface area contributed by atoms with Crippen LogP contribution in [0.1, 0.15) is 154 Å². The molecule has 27 heteroatoms. The minimum atomic E-state index is -6.13. The number of rotatable bonds is 22. The van der Waals surface area contributed by atoms with Crippen molar-refractivity contribution in [2.45, 2.75) is 159 Å². The average molecular weight is 1190 g/mol. The van der Waals surface area contributed by atoms with Crippen molar-refractivity contribution in [1.29, 1.82) is 0 Å². The summed E-state index contributed by atoms with van der Waals surface area (Å²) in [5.41, 5.74) is -30.2. The van der Waals surface area contributed by atoms with Crippen LogP contribution in [0.5, 0.6) is 0 Å². The van der Waals surface area contributed by atoms with Crippen molar-refractivity contribution in [1.82, 2.24) is 0 Å². The van der Waals surface area contributed by atoms with Crippen LogP contribution in [-0.4, -0.2) is 25.3 Å². The SMILES string of the molecule is CCCCCCCCCCCCCCCCCCO[S+](C)C.FC(F)(F)c1cc([B-](c2cc(C(F)(F)F)cc(C(F)(F)F)c2)(c2cc(C(F)(F)F)cc(C(F)(F)F)c2)c2cc(C(F)(F)F)cc(C(F)(F)F)c2)cc(C(F)(F)F)c1. The van der Waals surface area contributed by atoms with E-state index in [1.54, 1.807) is 0 Å². The van der Waals surface area contributed by atoms with Gasteiger partial charge in [-0.25, -0.2) is 0 Å². The van der Waals surface area contributed by atoms with Gasteiger partial charge in [-0.3, -0.25) is 0 Å². The Labute approximate surface area is 443 Å². The second-order valence-electron chi connectivity index (χ2n) is 19.1.